The van der Waals surface area contributed by atoms with Gasteiger partial charge >= 0.3 is 0 Å². The van der Waals surface area contributed by atoms with Crippen LogP contribution < -0.4 is 4.90 Å². The summed E-state index contributed by atoms with van der Waals surface area (Å²) in [6, 6.07) is 9.17. The Balaban J connectivity index is 1.61. The van der Waals surface area contributed by atoms with Crippen LogP contribution >= 0.6 is 11.3 Å². The Kier molecular flexibility index (Phi) is 5.10. The monoisotopic (exact) mass is 422 g/mol. The van der Waals surface area contributed by atoms with Gasteiger partial charge in [-0.3, -0.25) is 4.79 Å². The fraction of sp³-hybridized carbons (Fsp3) is 0.318. The number of phenolic OH excluding ortho intramolecular Hbond substituents is 1. The van der Waals surface area contributed by atoms with Gasteiger partial charge in [0.15, 0.2) is 11.6 Å². The Hall–Kier alpha value is -2.97. The smallest absolute Gasteiger partial charge is 0.209 e. The van der Waals surface area contributed by atoms with Gasteiger partial charge in [0.05, 0.1) is 23.4 Å². The van der Waals surface area contributed by atoms with Crippen LogP contribution in [0.4, 0.5) is 5.82 Å². The minimum Gasteiger partial charge on any atom is -0.508 e. The van der Waals surface area contributed by atoms with E-state index in [2.05, 4.69) is 17.0 Å². The first-order chi connectivity index (χ1) is 14.7. The summed E-state index contributed by atoms with van der Waals surface area (Å²) in [5, 5.41) is 9.91. The van der Waals surface area contributed by atoms with E-state index >= 15 is 0 Å². The van der Waals surface area contributed by atoms with Crippen LogP contribution in [-0.4, -0.2) is 65.8 Å². The predicted molar refractivity (Wildman–Crippen MR) is 118 cm³/mol. The zero-order chi connectivity index (χ0) is 20.5. The molecule has 0 radical (unpaired) electrons. The van der Waals surface area contributed by atoms with E-state index in [1.165, 1.54) is 10.5 Å². The van der Waals surface area contributed by atoms with Gasteiger partial charge in [-0.25, -0.2) is 9.97 Å². The molecule has 1 aromatic carbocycles. The third-order valence-electron chi connectivity index (χ3n) is 5.47. The topological polar surface area (TPSA) is 78.8 Å². The number of carbonyl (C=O) groups excluding carboxylic acids is 1. The third-order valence-corrected chi connectivity index (χ3v) is 6.67. The number of amides is 1. The first-order valence-electron chi connectivity index (χ1n) is 10.0. The lowest BCUT2D eigenvalue weighted by molar-refractivity contribution is -0.117. The zero-order valence-electron chi connectivity index (χ0n) is 16.5. The number of nitrogens with zero attached hydrogens (tertiary/aromatic N) is 4. The summed E-state index contributed by atoms with van der Waals surface area (Å²) in [5.74, 6) is 1.72. The van der Waals surface area contributed by atoms with Gasteiger partial charge in [-0.1, -0.05) is 18.2 Å². The lowest BCUT2D eigenvalue weighted by Gasteiger charge is -2.28. The average molecular weight is 423 g/mol. The standard InChI is InChI=1S/C22H22N4O3S/c27-14-25-6-4-15(5-7-25)19-13-18-20(30-19)22(26-8-10-29-11-9-26)24-21(23-18)16-2-1-3-17(28)12-16/h1-4,12-14,28H,5-11H2. The van der Waals surface area contributed by atoms with Crippen molar-refractivity contribution < 1.29 is 14.6 Å². The number of aromatic hydroxyl groups is 1. The van der Waals surface area contributed by atoms with E-state index in [1.807, 2.05) is 6.07 Å². The van der Waals surface area contributed by atoms with Crippen molar-refractivity contribution in [1.82, 2.24) is 14.9 Å². The summed E-state index contributed by atoms with van der Waals surface area (Å²) in [6.07, 6.45) is 3.87. The van der Waals surface area contributed by atoms with Gasteiger partial charge in [0, 0.05) is 36.6 Å². The van der Waals surface area contributed by atoms with E-state index < -0.39 is 0 Å². The van der Waals surface area contributed by atoms with Gasteiger partial charge in [0.25, 0.3) is 0 Å². The summed E-state index contributed by atoms with van der Waals surface area (Å²) in [4.78, 5) is 25.9. The van der Waals surface area contributed by atoms with Gasteiger partial charge in [0.1, 0.15) is 5.75 Å². The van der Waals surface area contributed by atoms with Crippen LogP contribution in [0.2, 0.25) is 0 Å². The molecule has 30 heavy (non-hydrogen) atoms. The maximum atomic E-state index is 11.0. The first-order valence-corrected chi connectivity index (χ1v) is 10.9. The molecule has 5 rings (SSSR count). The van der Waals surface area contributed by atoms with Crippen molar-refractivity contribution in [3.63, 3.8) is 0 Å². The average Bonchev–Trinajstić information content (AvgIpc) is 3.23. The molecule has 4 heterocycles. The Morgan fingerprint density at radius 2 is 2.00 bits per heavy atom. The number of thiophene rings is 1. The highest BCUT2D eigenvalue weighted by Gasteiger charge is 2.22. The molecule has 7 nitrogen and oxygen atoms in total. The highest BCUT2D eigenvalue weighted by Crippen LogP contribution is 2.38. The molecule has 2 aromatic heterocycles. The Bertz CT molecular complexity index is 1120. The van der Waals surface area contributed by atoms with Crippen molar-refractivity contribution in [2.24, 2.45) is 0 Å². The molecule has 0 aliphatic carbocycles. The molecule has 0 unspecified atom stereocenters. The quantitative estimate of drug-likeness (QED) is 0.651. The fourth-order valence-corrected chi connectivity index (χ4v) is 5.02. The Morgan fingerprint density at radius 3 is 2.73 bits per heavy atom. The number of hydrogen-bond donors (Lipinski definition) is 1. The van der Waals surface area contributed by atoms with E-state index in [-0.39, 0.29) is 5.75 Å². The minimum atomic E-state index is 0.197. The lowest BCUT2D eigenvalue weighted by atomic mass is 10.1. The van der Waals surface area contributed by atoms with Crippen LogP contribution in [-0.2, 0) is 9.53 Å². The normalized spacial score (nSPS) is 17.3. The van der Waals surface area contributed by atoms with Crippen molar-refractivity contribution in [2.75, 3.05) is 44.3 Å². The molecule has 2 aliphatic heterocycles. The lowest BCUT2D eigenvalue weighted by Crippen LogP contribution is -2.36. The van der Waals surface area contributed by atoms with Crippen molar-refractivity contribution in [3.05, 3.63) is 41.3 Å². The maximum absolute atomic E-state index is 11.0. The molecular formula is C22H22N4O3S. The van der Waals surface area contributed by atoms with Crippen molar-refractivity contribution in [3.8, 4) is 17.1 Å². The second kappa shape index (κ2) is 8.04. The van der Waals surface area contributed by atoms with Crippen LogP contribution in [0.25, 0.3) is 27.2 Å². The molecule has 0 saturated carbocycles. The van der Waals surface area contributed by atoms with Gasteiger partial charge < -0.3 is 19.6 Å². The predicted octanol–water partition coefficient (Wildman–Crippen LogP) is 3.15. The number of aromatic nitrogens is 2. The highest BCUT2D eigenvalue weighted by molar-refractivity contribution is 7.20. The largest absolute Gasteiger partial charge is 0.508 e. The number of benzene rings is 1. The summed E-state index contributed by atoms with van der Waals surface area (Å²) in [5.41, 5.74) is 2.95. The second-order valence-corrected chi connectivity index (χ2v) is 8.48. The van der Waals surface area contributed by atoms with Gasteiger partial charge in [-0.15, -0.1) is 11.3 Å². The van der Waals surface area contributed by atoms with Crippen LogP contribution in [0, 0.1) is 0 Å². The number of phenols is 1. The molecule has 0 spiro atoms. The fourth-order valence-electron chi connectivity index (χ4n) is 3.84. The Morgan fingerprint density at radius 1 is 1.13 bits per heavy atom. The third kappa shape index (κ3) is 3.64. The SMILES string of the molecule is O=CN1CC=C(c2cc3nc(-c4cccc(O)c4)nc(N4CCOCC4)c3s2)CC1. The highest BCUT2D eigenvalue weighted by atomic mass is 32.1. The van der Waals surface area contributed by atoms with Crippen LogP contribution in [0.1, 0.15) is 11.3 Å². The first kappa shape index (κ1) is 19.0. The summed E-state index contributed by atoms with van der Waals surface area (Å²) in [6.45, 7) is 4.31. The van der Waals surface area contributed by atoms with Gasteiger partial charge in [-0.05, 0) is 30.2 Å². The van der Waals surface area contributed by atoms with Crippen molar-refractivity contribution in [1.29, 1.82) is 0 Å². The molecule has 0 atom stereocenters. The molecule has 1 amide bonds. The Labute approximate surface area is 178 Å². The molecule has 3 aromatic rings. The molecule has 1 saturated heterocycles. The molecule has 8 heteroatoms. The van der Waals surface area contributed by atoms with Crippen molar-refractivity contribution in [2.45, 2.75) is 6.42 Å². The van der Waals surface area contributed by atoms with E-state index in [1.54, 1.807) is 34.4 Å². The number of rotatable bonds is 4. The number of hydrogen-bond acceptors (Lipinski definition) is 7. The second-order valence-electron chi connectivity index (χ2n) is 7.43. The van der Waals surface area contributed by atoms with Crippen LogP contribution in [0.3, 0.4) is 0 Å². The molecule has 154 valence electrons. The molecular weight excluding hydrogens is 400 g/mol. The number of anilines is 1. The van der Waals surface area contributed by atoms with Crippen LogP contribution in [0.15, 0.2) is 36.4 Å². The number of carbonyl (C=O) groups is 1. The van der Waals surface area contributed by atoms with Crippen molar-refractivity contribution >= 4 is 39.4 Å². The minimum absolute atomic E-state index is 0.197. The number of ether oxygens (including phenoxy) is 1. The molecule has 1 fully saturated rings. The molecule has 1 N–H and O–H groups in total. The zero-order valence-corrected chi connectivity index (χ0v) is 17.3. The van der Waals surface area contributed by atoms with E-state index in [0.717, 1.165) is 54.1 Å². The summed E-state index contributed by atoms with van der Waals surface area (Å²) < 4.78 is 6.59. The summed E-state index contributed by atoms with van der Waals surface area (Å²) >= 11 is 1.71. The van der Waals surface area contributed by atoms with Gasteiger partial charge in [-0.2, -0.15) is 0 Å². The number of fused-ring (bicyclic) bond motifs is 1. The molecule has 2 aliphatic rings. The van der Waals surface area contributed by atoms with Gasteiger partial charge in [0.2, 0.25) is 6.41 Å². The van der Waals surface area contributed by atoms with E-state index in [4.69, 9.17) is 14.7 Å². The van der Waals surface area contributed by atoms with E-state index in [9.17, 15) is 9.90 Å². The van der Waals surface area contributed by atoms with E-state index in [0.29, 0.717) is 25.6 Å². The maximum Gasteiger partial charge on any atom is 0.209 e. The number of morpholine rings is 1. The van der Waals surface area contributed by atoms with Crippen LogP contribution in [0.5, 0.6) is 5.75 Å². The summed E-state index contributed by atoms with van der Waals surface area (Å²) in [7, 11) is 0. The molecule has 0 bridgehead atoms.